The number of phenols is 2. The van der Waals surface area contributed by atoms with E-state index < -0.39 is 16.4 Å². The van der Waals surface area contributed by atoms with Gasteiger partial charge in [0.15, 0.2) is 11.6 Å². The summed E-state index contributed by atoms with van der Waals surface area (Å²) in [5.41, 5.74) is -0.441. The molecule has 1 heterocycles. The van der Waals surface area contributed by atoms with Gasteiger partial charge in [0.2, 0.25) is 4.77 Å². The number of nitro benzene ring substituents is 1. The molecule has 0 aliphatic carbocycles. The molecule has 9 nitrogen and oxygen atoms in total. The van der Waals surface area contributed by atoms with E-state index in [4.69, 9.17) is 12.2 Å². The quantitative estimate of drug-likeness (QED) is 0.317. The van der Waals surface area contributed by atoms with E-state index in [1.165, 1.54) is 10.9 Å². The van der Waals surface area contributed by atoms with E-state index in [-0.39, 0.29) is 22.0 Å². The van der Waals surface area contributed by atoms with Crippen LogP contribution in [0.2, 0.25) is 0 Å². The Bertz CT molecular complexity index is 838. The van der Waals surface area contributed by atoms with Crippen molar-refractivity contribution in [3.63, 3.8) is 0 Å². The minimum atomic E-state index is -0.745. The van der Waals surface area contributed by atoms with Gasteiger partial charge in [-0.1, -0.05) is 13.8 Å². The fourth-order valence-electron chi connectivity index (χ4n) is 2.29. The van der Waals surface area contributed by atoms with Crippen molar-refractivity contribution in [3.05, 3.63) is 38.4 Å². The summed E-state index contributed by atoms with van der Waals surface area (Å²) in [4.78, 5) is 10.1. The molecule has 0 saturated carbocycles. The molecule has 3 N–H and O–H groups in total. The van der Waals surface area contributed by atoms with Gasteiger partial charge in [0.25, 0.3) is 0 Å². The molecule has 0 aliphatic heterocycles. The third-order valence-electron chi connectivity index (χ3n) is 3.66. The minimum Gasteiger partial charge on any atom is -0.507 e. The monoisotopic (exact) mass is 351 g/mol. The molecule has 0 aliphatic rings. The second kappa shape index (κ2) is 7.21. The normalized spacial score (nSPS) is 11.5. The number of benzene rings is 1. The fraction of sp³-hybridized carbons (Fsp3) is 0.357. The summed E-state index contributed by atoms with van der Waals surface area (Å²) in [6, 6.07) is 1.94. The van der Waals surface area contributed by atoms with Gasteiger partial charge in [-0.3, -0.25) is 15.2 Å². The first-order chi connectivity index (χ1) is 11.4. The van der Waals surface area contributed by atoms with Crippen molar-refractivity contribution in [3.8, 4) is 11.5 Å². The van der Waals surface area contributed by atoms with Crippen LogP contribution in [0.4, 0.5) is 5.69 Å². The number of nitro groups is 1. The van der Waals surface area contributed by atoms with Crippen molar-refractivity contribution >= 4 is 24.1 Å². The molecule has 0 spiro atoms. The Morgan fingerprint density at radius 1 is 1.42 bits per heavy atom. The summed E-state index contributed by atoms with van der Waals surface area (Å²) >= 11 is 5.14. The molecule has 0 amide bonds. The zero-order chi connectivity index (χ0) is 17.9. The van der Waals surface area contributed by atoms with Gasteiger partial charge in [-0.2, -0.15) is 14.9 Å². The Balaban J connectivity index is 2.46. The number of nitrogens with one attached hydrogen (secondary N) is 1. The lowest BCUT2D eigenvalue weighted by Gasteiger charge is -2.10. The average molecular weight is 351 g/mol. The summed E-state index contributed by atoms with van der Waals surface area (Å²) in [5.74, 6) is -0.153. The number of H-pyrrole nitrogens is 1. The van der Waals surface area contributed by atoms with E-state index in [1.807, 2.05) is 13.8 Å². The highest BCUT2D eigenvalue weighted by molar-refractivity contribution is 7.71. The molecule has 0 bridgehead atoms. The number of aromatic amines is 1. The molecule has 128 valence electrons. The van der Waals surface area contributed by atoms with Gasteiger partial charge >= 0.3 is 5.69 Å². The molecule has 0 unspecified atom stereocenters. The molecule has 1 aromatic carbocycles. The lowest BCUT2D eigenvalue weighted by atomic mass is 10.0. The van der Waals surface area contributed by atoms with Crippen molar-refractivity contribution < 1.29 is 15.1 Å². The topological polar surface area (TPSA) is 130 Å². The van der Waals surface area contributed by atoms with Crippen molar-refractivity contribution in [2.45, 2.75) is 32.6 Å². The molecular formula is C14H17N5O4S. The highest BCUT2D eigenvalue weighted by atomic mass is 32.1. The molecule has 10 heteroatoms. The number of hydrogen-bond donors (Lipinski definition) is 3. The SMILES string of the molecule is CCC(CC)c1n[nH]c(=S)n1/N=C\c1cc([N+](=O)[O-])c(O)cc1O. The Kier molecular flexibility index (Phi) is 5.29. The average Bonchev–Trinajstić information content (AvgIpc) is 2.88. The van der Waals surface area contributed by atoms with E-state index in [2.05, 4.69) is 15.3 Å². The summed E-state index contributed by atoms with van der Waals surface area (Å²) in [7, 11) is 0. The van der Waals surface area contributed by atoms with Crippen molar-refractivity contribution in [2.24, 2.45) is 5.10 Å². The van der Waals surface area contributed by atoms with Gasteiger partial charge in [0.05, 0.1) is 11.1 Å². The maximum absolute atomic E-state index is 10.9. The Morgan fingerprint density at radius 2 is 2.08 bits per heavy atom. The molecule has 2 aromatic rings. The van der Waals surface area contributed by atoms with E-state index >= 15 is 0 Å². The predicted molar refractivity (Wildman–Crippen MR) is 90.2 cm³/mol. The minimum absolute atomic E-state index is 0.0816. The molecule has 1 aromatic heterocycles. The van der Waals surface area contributed by atoms with Gasteiger partial charge in [-0.05, 0) is 25.1 Å². The van der Waals surface area contributed by atoms with Crippen LogP contribution >= 0.6 is 12.2 Å². The predicted octanol–water partition coefficient (Wildman–Crippen LogP) is 3.05. The Morgan fingerprint density at radius 3 is 2.67 bits per heavy atom. The first kappa shape index (κ1) is 17.6. The fourth-order valence-corrected chi connectivity index (χ4v) is 2.47. The largest absolute Gasteiger partial charge is 0.507 e. The number of aromatic hydroxyl groups is 2. The second-order valence-electron chi connectivity index (χ2n) is 5.11. The van der Waals surface area contributed by atoms with E-state index in [0.717, 1.165) is 25.0 Å². The molecule has 0 atom stereocenters. The number of nitrogens with zero attached hydrogens (tertiary/aromatic N) is 4. The van der Waals surface area contributed by atoms with E-state index in [1.54, 1.807) is 0 Å². The van der Waals surface area contributed by atoms with Crippen LogP contribution in [-0.4, -0.2) is 36.2 Å². The smallest absolute Gasteiger partial charge is 0.311 e. The summed E-state index contributed by atoms with van der Waals surface area (Å²) in [6.07, 6.45) is 2.93. The third-order valence-corrected chi connectivity index (χ3v) is 3.92. The van der Waals surface area contributed by atoms with Crippen LogP contribution in [0.5, 0.6) is 11.5 Å². The Hall–Kier alpha value is -2.75. The number of aromatic nitrogens is 3. The zero-order valence-corrected chi connectivity index (χ0v) is 13.9. The molecular weight excluding hydrogens is 334 g/mol. The van der Waals surface area contributed by atoms with Crippen LogP contribution in [0.15, 0.2) is 17.2 Å². The van der Waals surface area contributed by atoms with Crippen LogP contribution in [0.1, 0.15) is 44.0 Å². The van der Waals surface area contributed by atoms with Crippen molar-refractivity contribution in [1.82, 2.24) is 14.9 Å². The number of rotatable bonds is 6. The first-order valence-electron chi connectivity index (χ1n) is 7.31. The lowest BCUT2D eigenvalue weighted by molar-refractivity contribution is -0.385. The van der Waals surface area contributed by atoms with Crippen LogP contribution in [0, 0.1) is 14.9 Å². The van der Waals surface area contributed by atoms with Crippen molar-refractivity contribution in [1.29, 1.82) is 0 Å². The summed E-state index contributed by atoms with van der Waals surface area (Å²) in [5, 5.41) is 41.2. The second-order valence-corrected chi connectivity index (χ2v) is 5.50. The van der Waals surface area contributed by atoms with Crippen LogP contribution in [0.3, 0.4) is 0 Å². The highest BCUT2D eigenvalue weighted by Crippen LogP contribution is 2.32. The summed E-state index contributed by atoms with van der Waals surface area (Å²) < 4.78 is 1.70. The maximum Gasteiger partial charge on any atom is 0.311 e. The van der Waals surface area contributed by atoms with Crippen molar-refractivity contribution in [2.75, 3.05) is 0 Å². The van der Waals surface area contributed by atoms with Crippen LogP contribution in [-0.2, 0) is 0 Å². The maximum atomic E-state index is 10.9. The van der Waals surface area contributed by atoms with Gasteiger partial charge in [0.1, 0.15) is 5.75 Å². The molecule has 24 heavy (non-hydrogen) atoms. The molecule has 0 radical (unpaired) electrons. The summed E-state index contributed by atoms with van der Waals surface area (Å²) in [6.45, 7) is 4.05. The van der Waals surface area contributed by atoms with Gasteiger partial charge < -0.3 is 10.2 Å². The molecule has 0 fully saturated rings. The first-order valence-corrected chi connectivity index (χ1v) is 7.71. The van der Waals surface area contributed by atoms with Gasteiger partial charge in [0, 0.05) is 23.6 Å². The standard InChI is InChI=1S/C14H17N5O4S/c1-3-8(4-2)13-16-17-14(24)18(13)15-7-9-5-10(19(22)23)12(21)6-11(9)20/h5-8,20-21H,3-4H2,1-2H3,(H,17,24)/b15-7-. The third kappa shape index (κ3) is 3.43. The van der Waals surface area contributed by atoms with Crippen LogP contribution < -0.4 is 0 Å². The Labute approximate surface area is 142 Å². The number of phenolic OH excluding ortho intramolecular Hbond substituents is 2. The lowest BCUT2D eigenvalue weighted by Crippen LogP contribution is -2.05. The zero-order valence-electron chi connectivity index (χ0n) is 13.1. The molecule has 2 rings (SSSR count). The van der Waals surface area contributed by atoms with Crippen LogP contribution in [0.25, 0.3) is 0 Å². The van der Waals surface area contributed by atoms with Gasteiger partial charge in [-0.15, -0.1) is 0 Å². The van der Waals surface area contributed by atoms with E-state index in [0.29, 0.717) is 5.82 Å². The van der Waals surface area contributed by atoms with Gasteiger partial charge in [-0.25, -0.2) is 0 Å². The number of hydrogen-bond acceptors (Lipinski definition) is 7. The molecule has 0 saturated heterocycles. The highest BCUT2D eigenvalue weighted by Gasteiger charge is 2.18. The van der Waals surface area contributed by atoms with E-state index in [9.17, 15) is 20.3 Å².